The molecule has 2 aromatic rings. The third-order valence-electron chi connectivity index (χ3n) is 3.71. The third-order valence-corrected chi connectivity index (χ3v) is 4.04. The van der Waals surface area contributed by atoms with Crippen LogP contribution in [0.5, 0.6) is 5.75 Å². The van der Waals surface area contributed by atoms with E-state index in [0.717, 1.165) is 5.56 Å². The summed E-state index contributed by atoms with van der Waals surface area (Å²) in [4.78, 5) is 24.7. The number of amides is 2. The molecule has 0 aliphatic rings. The smallest absolute Gasteiger partial charge is 0.259 e. The number of rotatable bonds is 5. The maximum atomic E-state index is 12.6. The Bertz CT molecular complexity index is 854. The van der Waals surface area contributed by atoms with Crippen LogP contribution in [-0.2, 0) is 0 Å². The molecule has 27 heavy (non-hydrogen) atoms. The first kappa shape index (κ1) is 22.6. The zero-order chi connectivity index (χ0) is 19.4. The van der Waals surface area contributed by atoms with Crippen LogP contribution in [0.3, 0.4) is 0 Å². The highest BCUT2D eigenvalue weighted by Gasteiger charge is 2.16. The highest BCUT2D eigenvalue weighted by molar-refractivity contribution is 6.33. The molecule has 4 N–H and O–H groups in total. The lowest BCUT2D eigenvalue weighted by atomic mass is 10.1. The summed E-state index contributed by atoms with van der Waals surface area (Å²) in [6, 6.07) is 8.09. The SMILES string of the molecule is COc1cc(N)c(Cl)cc1C(=O)Nc1ccc(C(=O)NC(C)C)c(C)c1.Cl. The van der Waals surface area contributed by atoms with Crippen molar-refractivity contribution in [2.75, 3.05) is 18.2 Å². The fraction of sp³-hybridized carbons (Fsp3) is 0.263. The number of anilines is 2. The molecule has 2 rings (SSSR count). The second kappa shape index (κ2) is 9.48. The molecule has 146 valence electrons. The fourth-order valence-corrected chi connectivity index (χ4v) is 2.61. The lowest BCUT2D eigenvalue weighted by molar-refractivity contribution is 0.0942. The van der Waals surface area contributed by atoms with Crippen molar-refractivity contribution in [3.63, 3.8) is 0 Å². The first-order valence-corrected chi connectivity index (χ1v) is 8.46. The van der Waals surface area contributed by atoms with Gasteiger partial charge in [-0.2, -0.15) is 0 Å². The summed E-state index contributed by atoms with van der Waals surface area (Å²) in [5.41, 5.74) is 8.21. The van der Waals surface area contributed by atoms with Gasteiger partial charge in [0, 0.05) is 23.4 Å². The summed E-state index contributed by atoms with van der Waals surface area (Å²) in [7, 11) is 1.45. The number of hydrogen-bond donors (Lipinski definition) is 3. The Balaban J connectivity index is 0.00000364. The highest BCUT2D eigenvalue weighted by atomic mass is 35.5. The average molecular weight is 412 g/mol. The van der Waals surface area contributed by atoms with Crippen molar-refractivity contribution in [1.29, 1.82) is 0 Å². The molecule has 0 radical (unpaired) electrons. The molecule has 8 heteroatoms. The van der Waals surface area contributed by atoms with Crippen molar-refractivity contribution < 1.29 is 14.3 Å². The molecule has 0 aliphatic carbocycles. The molecule has 6 nitrogen and oxygen atoms in total. The van der Waals surface area contributed by atoms with E-state index >= 15 is 0 Å². The zero-order valence-electron chi connectivity index (χ0n) is 15.6. The van der Waals surface area contributed by atoms with E-state index in [1.54, 1.807) is 18.2 Å². The number of aryl methyl sites for hydroxylation is 1. The van der Waals surface area contributed by atoms with Crippen LogP contribution in [-0.4, -0.2) is 25.0 Å². The Kier molecular flexibility index (Phi) is 7.94. The van der Waals surface area contributed by atoms with Crippen molar-refractivity contribution in [2.45, 2.75) is 26.8 Å². The largest absolute Gasteiger partial charge is 0.496 e. The van der Waals surface area contributed by atoms with Gasteiger partial charge in [0.25, 0.3) is 11.8 Å². The van der Waals surface area contributed by atoms with E-state index < -0.39 is 0 Å². The molecule has 0 unspecified atom stereocenters. The van der Waals surface area contributed by atoms with Gasteiger partial charge < -0.3 is 21.1 Å². The topological polar surface area (TPSA) is 93.4 Å². The molecule has 0 saturated heterocycles. The van der Waals surface area contributed by atoms with E-state index in [4.69, 9.17) is 22.1 Å². The molecule has 0 aliphatic heterocycles. The molecule has 0 spiro atoms. The first-order valence-electron chi connectivity index (χ1n) is 8.08. The number of nitrogens with one attached hydrogen (secondary N) is 2. The van der Waals surface area contributed by atoms with Gasteiger partial charge in [-0.15, -0.1) is 12.4 Å². The molecular formula is C19H23Cl2N3O3. The molecule has 0 heterocycles. The van der Waals surface area contributed by atoms with Crippen LogP contribution in [0.2, 0.25) is 5.02 Å². The molecule has 0 atom stereocenters. The Hall–Kier alpha value is -2.44. The predicted molar refractivity (Wildman–Crippen MR) is 111 cm³/mol. The highest BCUT2D eigenvalue weighted by Crippen LogP contribution is 2.29. The molecule has 2 aromatic carbocycles. The van der Waals surface area contributed by atoms with Crippen LogP contribution in [0, 0.1) is 6.92 Å². The molecule has 0 bridgehead atoms. The molecule has 0 aromatic heterocycles. The van der Waals surface area contributed by atoms with Crippen LogP contribution in [0.1, 0.15) is 40.1 Å². The average Bonchev–Trinajstić information content (AvgIpc) is 2.56. The minimum Gasteiger partial charge on any atom is -0.496 e. The predicted octanol–water partition coefficient (Wildman–Crippen LogP) is 4.05. The number of ether oxygens (including phenoxy) is 1. The quantitative estimate of drug-likeness (QED) is 0.646. The Morgan fingerprint density at radius 2 is 1.78 bits per heavy atom. The van der Waals surface area contributed by atoms with Gasteiger partial charge in [-0.3, -0.25) is 9.59 Å². The van der Waals surface area contributed by atoms with Gasteiger partial charge in [0.2, 0.25) is 0 Å². The van der Waals surface area contributed by atoms with Crippen LogP contribution in [0.25, 0.3) is 0 Å². The van der Waals surface area contributed by atoms with Crippen molar-refractivity contribution in [3.05, 3.63) is 52.0 Å². The fourth-order valence-electron chi connectivity index (χ4n) is 2.45. The number of nitrogen functional groups attached to an aromatic ring is 1. The van der Waals surface area contributed by atoms with Crippen LogP contribution < -0.4 is 21.1 Å². The Morgan fingerprint density at radius 1 is 1.11 bits per heavy atom. The van der Waals surface area contributed by atoms with Gasteiger partial charge in [-0.25, -0.2) is 0 Å². The molecule has 0 fully saturated rings. The minimum atomic E-state index is -0.387. The summed E-state index contributed by atoms with van der Waals surface area (Å²) in [6.07, 6.45) is 0. The Morgan fingerprint density at radius 3 is 2.33 bits per heavy atom. The summed E-state index contributed by atoms with van der Waals surface area (Å²) in [6.45, 7) is 5.60. The van der Waals surface area contributed by atoms with E-state index in [-0.39, 0.29) is 40.8 Å². The van der Waals surface area contributed by atoms with Crippen molar-refractivity contribution >= 4 is 47.2 Å². The van der Waals surface area contributed by atoms with Crippen molar-refractivity contribution in [3.8, 4) is 5.75 Å². The number of benzene rings is 2. The second-order valence-corrected chi connectivity index (χ2v) is 6.59. The number of carbonyl (C=O) groups excluding carboxylic acids is 2. The summed E-state index contributed by atoms with van der Waals surface area (Å²) < 4.78 is 5.20. The monoisotopic (exact) mass is 411 g/mol. The van der Waals surface area contributed by atoms with Crippen molar-refractivity contribution in [2.24, 2.45) is 0 Å². The second-order valence-electron chi connectivity index (χ2n) is 6.19. The first-order chi connectivity index (χ1) is 12.2. The van der Waals surface area contributed by atoms with Crippen LogP contribution in [0.4, 0.5) is 11.4 Å². The summed E-state index contributed by atoms with van der Waals surface area (Å²) >= 11 is 6.01. The van der Waals surface area contributed by atoms with Gasteiger partial charge in [0.1, 0.15) is 5.75 Å². The van der Waals surface area contributed by atoms with Gasteiger partial charge >= 0.3 is 0 Å². The number of nitrogens with two attached hydrogens (primary N) is 1. The minimum absolute atomic E-state index is 0. The lowest BCUT2D eigenvalue weighted by Crippen LogP contribution is -2.30. The zero-order valence-corrected chi connectivity index (χ0v) is 17.1. The normalized spacial score (nSPS) is 10.1. The standard InChI is InChI=1S/C19H22ClN3O3.ClH/c1-10(2)22-18(24)13-6-5-12(7-11(13)3)23-19(25)14-8-15(20)16(21)9-17(14)26-4;/h5-10H,21H2,1-4H3,(H,22,24)(H,23,25);1H. The van der Waals surface area contributed by atoms with Gasteiger partial charge in [0.05, 0.1) is 23.4 Å². The van der Waals surface area contributed by atoms with E-state index in [1.807, 2.05) is 20.8 Å². The van der Waals surface area contributed by atoms with E-state index in [0.29, 0.717) is 22.7 Å². The number of methoxy groups -OCH3 is 1. The van der Waals surface area contributed by atoms with Crippen LogP contribution >= 0.6 is 24.0 Å². The maximum absolute atomic E-state index is 12.6. The lowest BCUT2D eigenvalue weighted by Gasteiger charge is -2.13. The Labute approximate surface area is 169 Å². The van der Waals surface area contributed by atoms with Crippen LogP contribution in [0.15, 0.2) is 30.3 Å². The molecule has 0 saturated carbocycles. The third kappa shape index (κ3) is 5.52. The number of hydrogen-bond acceptors (Lipinski definition) is 4. The molecule has 2 amide bonds. The van der Waals surface area contributed by atoms with E-state index in [1.165, 1.54) is 19.2 Å². The number of halogens is 2. The van der Waals surface area contributed by atoms with Gasteiger partial charge in [0.15, 0.2) is 0 Å². The molecular weight excluding hydrogens is 389 g/mol. The maximum Gasteiger partial charge on any atom is 0.259 e. The number of carbonyl (C=O) groups is 2. The summed E-state index contributed by atoms with van der Waals surface area (Å²) in [5, 5.41) is 5.89. The summed E-state index contributed by atoms with van der Waals surface area (Å²) in [5.74, 6) is -0.209. The van der Waals surface area contributed by atoms with Gasteiger partial charge in [-0.05, 0) is 50.6 Å². The van der Waals surface area contributed by atoms with E-state index in [2.05, 4.69) is 10.6 Å². The van der Waals surface area contributed by atoms with Crippen molar-refractivity contribution in [1.82, 2.24) is 5.32 Å². The van der Waals surface area contributed by atoms with E-state index in [9.17, 15) is 9.59 Å². The van der Waals surface area contributed by atoms with Gasteiger partial charge in [-0.1, -0.05) is 11.6 Å².